The van der Waals surface area contributed by atoms with Gasteiger partial charge in [0.05, 0.1) is 0 Å². The topological polar surface area (TPSA) is 50.4 Å². The van der Waals surface area contributed by atoms with E-state index in [1.165, 1.54) is 0 Å². The molecule has 1 saturated heterocycles. The Morgan fingerprint density at radius 2 is 1.96 bits per heavy atom. The highest BCUT2D eigenvalue weighted by Crippen LogP contribution is 2.49. The van der Waals surface area contributed by atoms with Gasteiger partial charge < -0.3 is 15.4 Å². The number of hydrogen-bond acceptors (Lipinski definition) is 3. The molecular formula is C18H15BrN2O2S. The van der Waals surface area contributed by atoms with E-state index >= 15 is 0 Å². The number of benzene rings is 2. The minimum Gasteiger partial charge on any atom is -0.482 e. The Hall–Kier alpha value is -1.92. The number of amides is 1. The molecule has 0 radical (unpaired) electrons. The Morgan fingerprint density at radius 1 is 1.21 bits per heavy atom. The molecule has 0 aromatic heterocycles. The molecule has 4 nitrogen and oxygen atoms in total. The largest absolute Gasteiger partial charge is 0.482 e. The second-order valence-electron chi connectivity index (χ2n) is 6.33. The highest BCUT2D eigenvalue weighted by atomic mass is 79.9. The molecule has 0 bridgehead atoms. The lowest BCUT2D eigenvalue weighted by Crippen LogP contribution is -2.53. The third-order valence-corrected chi connectivity index (χ3v) is 5.36. The van der Waals surface area contributed by atoms with Crippen LogP contribution in [0.1, 0.15) is 24.5 Å². The van der Waals surface area contributed by atoms with Crippen molar-refractivity contribution in [3.63, 3.8) is 0 Å². The maximum atomic E-state index is 12.8. The molecule has 2 atom stereocenters. The van der Waals surface area contributed by atoms with Crippen LogP contribution in [-0.4, -0.2) is 11.0 Å². The highest BCUT2D eigenvalue weighted by Gasteiger charge is 2.56. The number of thiocarbonyl (C=S) groups is 1. The summed E-state index contributed by atoms with van der Waals surface area (Å²) >= 11 is 8.69. The summed E-state index contributed by atoms with van der Waals surface area (Å²) in [7, 11) is 0. The molecule has 2 heterocycles. The molecule has 0 aliphatic carbocycles. The fourth-order valence-electron chi connectivity index (χ4n) is 3.56. The zero-order valence-corrected chi connectivity index (χ0v) is 15.3. The van der Waals surface area contributed by atoms with E-state index in [2.05, 4.69) is 26.6 Å². The normalized spacial score (nSPS) is 28.1. The van der Waals surface area contributed by atoms with Crippen LogP contribution < -0.4 is 15.4 Å². The predicted octanol–water partition coefficient (Wildman–Crippen LogP) is 3.35. The van der Waals surface area contributed by atoms with Crippen LogP contribution in [0.3, 0.4) is 0 Å². The first-order valence-electron chi connectivity index (χ1n) is 7.61. The summed E-state index contributed by atoms with van der Waals surface area (Å²) in [6.07, 6.45) is 0.444. The average Bonchev–Trinajstić information content (AvgIpc) is 2.83. The van der Waals surface area contributed by atoms with Crippen molar-refractivity contribution in [2.24, 2.45) is 0 Å². The van der Waals surface area contributed by atoms with Gasteiger partial charge in [0.15, 0.2) is 10.7 Å². The van der Waals surface area contributed by atoms with Gasteiger partial charge in [0.25, 0.3) is 5.91 Å². The van der Waals surface area contributed by atoms with Crippen molar-refractivity contribution in [3.8, 4) is 5.75 Å². The van der Waals surface area contributed by atoms with E-state index < -0.39 is 11.1 Å². The second kappa shape index (κ2) is 5.29. The molecule has 2 aliphatic rings. The summed E-state index contributed by atoms with van der Waals surface area (Å²) in [5.41, 5.74) is 0.235. The summed E-state index contributed by atoms with van der Waals surface area (Å²) in [6.45, 7) is 2.01. The van der Waals surface area contributed by atoms with Crippen LogP contribution in [0.4, 0.5) is 0 Å². The molecule has 2 unspecified atom stereocenters. The average molecular weight is 403 g/mol. The molecule has 4 rings (SSSR count). The third-order valence-electron chi connectivity index (χ3n) is 4.67. The Morgan fingerprint density at radius 3 is 2.62 bits per heavy atom. The summed E-state index contributed by atoms with van der Waals surface area (Å²) in [6, 6.07) is 15.7. The van der Waals surface area contributed by atoms with Gasteiger partial charge in [-0.25, -0.2) is 0 Å². The molecule has 1 fully saturated rings. The van der Waals surface area contributed by atoms with Crippen LogP contribution in [0.15, 0.2) is 53.0 Å². The Labute approximate surface area is 153 Å². The van der Waals surface area contributed by atoms with E-state index in [0.717, 1.165) is 15.6 Å². The van der Waals surface area contributed by atoms with Gasteiger partial charge in [-0.15, -0.1) is 0 Å². The number of ether oxygens (including phenoxy) is 1. The van der Waals surface area contributed by atoms with Gasteiger partial charge in [0.1, 0.15) is 11.4 Å². The summed E-state index contributed by atoms with van der Waals surface area (Å²) in [5, 5.41) is 6.28. The Bertz CT molecular complexity index is 857. The van der Waals surface area contributed by atoms with E-state index in [9.17, 15) is 4.79 Å². The molecular weight excluding hydrogens is 388 g/mol. The van der Waals surface area contributed by atoms with Gasteiger partial charge in [0.2, 0.25) is 0 Å². The first kappa shape index (κ1) is 15.6. The number of carbonyl (C=O) groups excluding carboxylic acids is 1. The van der Waals surface area contributed by atoms with Crippen LogP contribution in [-0.2, 0) is 15.9 Å². The molecule has 2 aromatic carbocycles. The first-order chi connectivity index (χ1) is 11.4. The van der Waals surface area contributed by atoms with Crippen molar-refractivity contribution in [1.82, 2.24) is 10.6 Å². The van der Waals surface area contributed by atoms with E-state index in [1.54, 1.807) is 0 Å². The van der Waals surface area contributed by atoms with E-state index in [-0.39, 0.29) is 5.91 Å². The summed E-state index contributed by atoms with van der Waals surface area (Å²) in [5.74, 6) is 0.542. The number of fused-ring (bicyclic) bond motifs is 2. The van der Waals surface area contributed by atoms with Crippen molar-refractivity contribution in [1.29, 1.82) is 0 Å². The predicted molar refractivity (Wildman–Crippen MR) is 98.7 cm³/mol. The molecule has 2 aromatic rings. The van der Waals surface area contributed by atoms with Gasteiger partial charge >= 0.3 is 0 Å². The zero-order valence-electron chi connectivity index (χ0n) is 12.9. The third kappa shape index (κ3) is 2.24. The highest BCUT2D eigenvalue weighted by molar-refractivity contribution is 9.10. The second-order valence-corrected chi connectivity index (χ2v) is 7.65. The van der Waals surface area contributed by atoms with Gasteiger partial charge in [-0.05, 0) is 42.9 Å². The van der Waals surface area contributed by atoms with Gasteiger partial charge in [-0.2, -0.15) is 0 Å². The first-order valence-corrected chi connectivity index (χ1v) is 8.81. The SMILES string of the molecule is CC1(c2ccccc2)CC2(NC(=S)NC2=O)c2cc(Br)ccc2O1. The molecule has 0 saturated carbocycles. The standard InChI is InChI=1S/C18H15BrN2O2S/c1-17(11-5-3-2-4-6-11)10-18(15(22)20-16(24)21-18)13-9-12(19)7-8-14(13)23-17/h2-9H,10H2,1H3,(H2,20,21,22,24). The molecule has 24 heavy (non-hydrogen) atoms. The lowest BCUT2D eigenvalue weighted by Gasteiger charge is -2.44. The molecule has 1 spiro atoms. The van der Waals surface area contributed by atoms with E-state index in [1.807, 2.05) is 55.5 Å². The number of rotatable bonds is 1. The number of halogens is 1. The van der Waals surface area contributed by atoms with Crippen molar-refractivity contribution in [2.45, 2.75) is 24.5 Å². The van der Waals surface area contributed by atoms with E-state index in [0.29, 0.717) is 17.3 Å². The van der Waals surface area contributed by atoms with Crippen molar-refractivity contribution in [2.75, 3.05) is 0 Å². The molecule has 2 N–H and O–H groups in total. The Balaban J connectivity index is 1.92. The fourth-order valence-corrected chi connectivity index (χ4v) is 4.19. The van der Waals surface area contributed by atoms with Crippen molar-refractivity contribution < 1.29 is 9.53 Å². The Kier molecular flexibility index (Phi) is 3.44. The zero-order chi connectivity index (χ0) is 16.9. The van der Waals surface area contributed by atoms with Gasteiger partial charge in [-0.3, -0.25) is 4.79 Å². The van der Waals surface area contributed by atoms with Crippen LogP contribution >= 0.6 is 28.1 Å². The van der Waals surface area contributed by atoms with Gasteiger partial charge in [-0.1, -0.05) is 46.3 Å². The summed E-state index contributed by atoms with van der Waals surface area (Å²) < 4.78 is 7.24. The molecule has 1 amide bonds. The van der Waals surface area contributed by atoms with E-state index in [4.69, 9.17) is 17.0 Å². The van der Waals surface area contributed by atoms with Crippen LogP contribution in [0.25, 0.3) is 0 Å². The fraction of sp³-hybridized carbons (Fsp3) is 0.222. The van der Waals surface area contributed by atoms with Gasteiger partial charge in [0, 0.05) is 16.5 Å². The minimum atomic E-state index is -0.932. The number of carbonyl (C=O) groups is 1. The van der Waals surface area contributed by atoms with Crippen LogP contribution in [0.5, 0.6) is 5.75 Å². The summed E-state index contributed by atoms with van der Waals surface area (Å²) in [4.78, 5) is 12.8. The van der Waals surface area contributed by atoms with Crippen molar-refractivity contribution >= 4 is 39.2 Å². The molecule has 6 heteroatoms. The lowest BCUT2D eigenvalue weighted by molar-refractivity contribution is -0.128. The minimum absolute atomic E-state index is 0.141. The quantitative estimate of drug-likeness (QED) is 0.718. The molecule has 122 valence electrons. The maximum Gasteiger partial charge on any atom is 0.256 e. The van der Waals surface area contributed by atoms with Crippen LogP contribution in [0, 0.1) is 0 Å². The number of hydrogen-bond donors (Lipinski definition) is 2. The smallest absolute Gasteiger partial charge is 0.256 e. The lowest BCUT2D eigenvalue weighted by atomic mass is 9.74. The monoisotopic (exact) mass is 402 g/mol. The van der Waals surface area contributed by atoms with Crippen LogP contribution in [0.2, 0.25) is 0 Å². The molecule has 2 aliphatic heterocycles. The number of nitrogens with one attached hydrogen (secondary N) is 2. The van der Waals surface area contributed by atoms with Crippen molar-refractivity contribution in [3.05, 3.63) is 64.1 Å². The maximum absolute atomic E-state index is 12.8.